The molecular weight excluding hydrogens is 296 g/mol. The Kier molecular flexibility index (Phi) is 5.73. The average molecular weight is 318 g/mol. The van der Waals surface area contributed by atoms with E-state index in [1.54, 1.807) is 36.1 Å². The van der Waals surface area contributed by atoms with Crippen molar-refractivity contribution in [2.75, 3.05) is 18.0 Å². The van der Waals surface area contributed by atoms with Gasteiger partial charge in [-0.25, -0.2) is 4.79 Å². The summed E-state index contributed by atoms with van der Waals surface area (Å²) >= 11 is 0. The van der Waals surface area contributed by atoms with Gasteiger partial charge in [-0.2, -0.15) is 0 Å². The maximum absolute atomic E-state index is 12.0. The van der Waals surface area contributed by atoms with Crippen LogP contribution in [-0.4, -0.2) is 37.0 Å². The van der Waals surface area contributed by atoms with Gasteiger partial charge in [-0.15, -0.1) is 0 Å². The van der Waals surface area contributed by atoms with Crippen molar-refractivity contribution in [3.8, 4) is 0 Å². The molecule has 124 valence electrons. The predicted molar refractivity (Wildman–Crippen MR) is 86.2 cm³/mol. The summed E-state index contributed by atoms with van der Waals surface area (Å²) in [5.41, 5.74) is 1.13. The highest BCUT2D eigenvalue weighted by molar-refractivity contribution is 5.96. The fourth-order valence-electron chi connectivity index (χ4n) is 2.37. The van der Waals surface area contributed by atoms with E-state index in [1.807, 2.05) is 6.92 Å². The molecule has 0 aliphatic carbocycles. The van der Waals surface area contributed by atoms with Crippen LogP contribution in [0.2, 0.25) is 0 Å². The highest BCUT2D eigenvalue weighted by Gasteiger charge is 2.22. The van der Waals surface area contributed by atoms with Crippen LogP contribution < -0.4 is 10.2 Å². The second-order valence-electron chi connectivity index (χ2n) is 5.53. The monoisotopic (exact) mass is 318 g/mol. The SMILES string of the molecule is CCCNC(=O)[C@@H](C)OC(=O)c1ccc(N2CCCC2=O)cc1. The molecular formula is C17H22N2O4. The largest absolute Gasteiger partial charge is 0.449 e. The molecule has 0 spiro atoms. The first kappa shape index (κ1) is 17.0. The van der Waals surface area contributed by atoms with Crippen LogP contribution in [0, 0.1) is 0 Å². The van der Waals surface area contributed by atoms with E-state index in [-0.39, 0.29) is 11.8 Å². The molecule has 1 aliphatic heterocycles. The zero-order chi connectivity index (χ0) is 16.8. The lowest BCUT2D eigenvalue weighted by Gasteiger charge is -2.16. The van der Waals surface area contributed by atoms with Crippen LogP contribution in [0.5, 0.6) is 0 Å². The van der Waals surface area contributed by atoms with E-state index in [4.69, 9.17) is 4.74 Å². The lowest BCUT2D eigenvalue weighted by Crippen LogP contribution is -2.36. The Balaban J connectivity index is 1.95. The van der Waals surface area contributed by atoms with Crippen LogP contribution in [0.4, 0.5) is 5.69 Å². The summed E-state index contributed by atoms with van der Waals surface area (Å²) < 4.78 is 5.15. The van der Waals surface area contributed by atoms with E-state index in [1.165, 1.54) is 0 Å². The Morgan fingerprint density at radius 1 is 1.30 bits per heavy atom. The van der Waals surface area contributed by atoms with Crippen LogP contribution in [0.15, 0.2) is 24.3 Å². The third-order valence-corrected chi connectivity index (χ3v) is 3.69. The number of nitrogens with one attached hydrogen (secondary N) is 1. The predicted octanol–water partition coefficient (Wildman–Crippen LogP) is 1.88. The first-order chi connectivity index (χ1) is 11.0. The van der Waals surface area contributed by atoms with Crippen LogP contribution >= 0.6 is 0 Å². The number of nitrogens with zero attached hydrogens (tertiary/aromatic N) is 1. The van der Waals surface area contributed by atoms with E-state index >= 15 is 0 Å². The van der Waals surface area contributed by atoms with Crippen molar-refractivity contribution in [1.82, 2.24) is 5.32 Å². The number of amides is 2. The molecule has 0 radical (unpaired) electrons. The van der Waals surface area contributed by atoms with Gasteiger partial charge >= 0.3 is 5.97 Å². The third kappa shape index (κ3) is 4.31. The molecule has 0 aromatic heterocycles. The molecule has 1 atom stereocenters. The molecule has 1 aliphatic rings. The van der Waals surface area contributed by atoms with E-state index in [2.05, 4.69) is 5.32 Å². The fourth-order valence-corrected chi connectivity index (χ4v) is 2.37. The van der Waals surface area contributed by atoms with E-state index < -0.39 is 12.1 Å². The van der Waals surface area contributed by atoms with Gasteiger partial charge < -0.3 is 15.0 Å². The van der Waals surface area contributed by atoms with Crippen molar-refractivity contribution >= 4 is 23.5 Å². The molecule has 0 bridgehead atoms. The maximum Gasteiger partial charge on any atom is 0.338 e. The minimum absolute atomic E-state index is 0.0987. The molecule has 6 heteroatoms. The standard InChI is InChI=1S/C17H22N2O4/c1-3-10-18-16(21)12(2)23-17(22)13-6-8-14(9-7-13)19-11-4-5-15(19)20/h6-9,12H,3-5,10-11H2,1-2H3,(H,18,21)/t12-/m1/s1. The van der Waals surface area contributed by atoms with Crippen molar-refractivity contribution in [2.45, 2.75) is 39.2 Å². The van der Waals surface area contributed by atoms with Crippen molar-refractivity contribution in [3.05, 3.63) is 29.8 Å². The van der Waals surface area contributed by atoms with Gasteiger partial charge in [-0.05, 0) is 44.0 Å². The van der Waals surface area contributed by atoms with Gasteiger partial charge in [0.05, 0.1) is 5.56 Å². The zero-order valence-corrected chi connectivity index (χ0v) is 13.5. The van der Waals surface area contributed by atoms with Crippen molar-refractivity contribution in [3.63, 3.8) is 0 Å². The highest BCUT2D eigenvalue weighted by Crippen LogP contribution is 2.21. The number of carbonyl (C=O) groups is 3. The number of hydrogen-bond acceptors (Lipinski definition) is 4. The molecule has 1 N–H and O–H groups in total. The van der Waals surface area contributed by atoms with Crippen molar-refractivity contribution in [2.24, 2.45) is 0 Å². The lowest BCUT2D eigenvalue weighted by atomic mass is 10.2. The molecule has 1 aromatic rings. The van der Waals surface area contributed by atoms with Gasteiger partial charge in [0.25, 0.3) is 5.91 Å². The van der Waals surface area contributed by atoms with Gasteiger partial charge in [0, 0.05) is 25.2 Å². The molecule has 0 unspecified atom stereocenters. The molecule has 23 heavy (non-hydrogen) atoms. The van der Waals surface area contributed by atoms with E-state index in [9.17, 15) is 14.4 Å². The van der Waals surface area contributed by atoms with Gasteiger partial charge in [0.15, 0.2) is 6.10 Å². The number of esters is 1. The maximum atomic E-state index is 12.0. The molecule has 2 amide bonds. The molecule has 1 aromatic carbocycles. The number of rotatable bonds is 6. The Bertz CT molecular complexity index is 583. The number of benzene rings is 1. The first-order valence-corrected chi connectivity index (χ1v) is 7.92. The summed E-state index contributed by atoms with van der Waals surface area (Å²) in [6.45, 7) is 4.75. The first-order valence-electron chi connectivity index (χ1n) is 7.92. The van der Waals surface area contributed by atoms with Gasteiger partial charge in [0.2, 0.25) is 5.91 Å². The van der Waals surface area contributed by atoms with Crippen molar-refractivity contribution in [1.29, 1.82) is 0 Å². The number of hydrogen-bond donors (Lipinski definition) is 1. The van der Waals surface area contributed by atoms with Gasteiger partial charge in [-0.1, -0.05) is 6.92 Å². The van der Waals surface area contributed by atoms with Crippen LogP contribution in [-0.2, 0) is 14.3 Å². The van der Waals surface area contributed by atoms with Crippen LogP contribution in [0.3, 0.4) is 0 Å². The topological polar surface area (TPSA) is 75.7 Å². The summed E-state index contributed by atoms with van der Waals surface area (Å²) in [6.07, 6.45) is 1.40. The van der Waals surface area contributed by atoms with Crippen LogP contribution in [0.1, 0.15) is 43.5 Å². The summed E-state index contributed by atoms with van der Waals surface area (Å²) in [6, 6.07) is 6.67. The summed E-state index contributed by atoms with van der Waals surface area (Å²) in [4.78, 5) is 37.1. The molecule has 2 rings (SSSR count). The summed E-state index contributed by atoms with van der Waals surface area (Å²) in [5, 5.41) is 2.68. The minimum Gasteiger partial charge on any atom is -0.449 e. The van der Waals surface area contributed by atoms with Gasteiger partial charge in [0.1, 0.15) is 0 Å². The molecule has 1 saturated heterocycles. The lowest BCUT2D eigenvalue weighted by molar-refractivity contribution is -0.129. The third-order valence-electron chi connectivity index (χ3n) is 3.69. The quantitative estimate of drug-likeness (QED) is 0.813. The van der Waals surface area contributed by atoms with Crippen LogP contribution in [0.25, 0.3) is 0 Å². The molecule has 6 nitrogen and oxygen atoms in total. The highest BCUT2D eigenvalue weighted by atomic mass is 16.5. The number of carbonyl (C=O) groups excluding carboxylic acids is 3. The number of ether oxygens (including phenoxy) is 1. The zero-order valence-electron chi connectivity index (χ0n) is 13.5. The number of anilines is 1. The minimum atomic E-state index is -0.839. The smallest absolute Gasteiger partial charge is 0.338 e. The molecule has 1 heterocycles. The van der Waals surface area contributed by atoms with Crippen molar-refractivity contribution < 1.29 is 19.1 Å². The summed E-state index contributed by atoms with van der Waals surface area (Å²) in [5.74, 6) is -0.760. The average Bonchev–Trinajstić information content (AvgIpc) is 2.98. The normalized spacial score (nSPS) is 15.4. The molecule has 0 saturated carbocycles. The second-order valence-corrected chi connectivity index (χ2v) is 5.53. The Morgan fingerprint density at radius 3 is 2.57 bits per heavy atom. The summed E-state index contributed by atoms with van der Waals surface area (Å²) in [7, 11) is 0. The molecule has 1 fully saturated rings. The van der Waals surface area contributed by atoms with E-state index in [0.717, 1.165) is 18.5 Å². The fraction of sp³-hybridized carbons (Fsp3) is 0.471. The Hall–Kier alpha value is -2.37. The Labute approximate surface area is 135 Å². The Morgan fingerprint density at radius 2 is 2.00 bits per heavy atom. The van der Waals surface area contributed by atoms with Gasteiger partial charge in [-0.3, -0.25) is 9.59 Å². The second kappa shape index (κ2) is 7.76. The van der Waals surface area contributed by atoms with E-state index in [0.29, 0.717) is 25.1 Å².